The maximum Gasteiger partial charge on any atom is 0.248 e. The Bertz CT molecular complexity index is 1140. The molecule has 0 saturated carbocycles. The highest BCUT2D eigenvalue weighted by Crippen LogP contribution is 2.30. The number of pyridine rings is 1. The number of aliphatic hydroxyl groups excluding tert-OH is 1. The first kappa shape index (κ1) is 27.2. The molecule has 0 spiro atoms. The van der Waals surface area contributed by atoms with Gasteiger partial charge in [0.05, 0.1) is 25.3 Å². The van der Waals surface area contributed by atoms with Crippen LogP contribution >= 0.6 is 21.6 Å². The molecule has 1 heterocycles. The molecule has 190 valence electrons. The fraction of sp³-hybridized carbons (Fsp3) is 0.400. The molecule has 0 aliphatic heterocycles. The molecule has 0 aliphatic rings. The molecule has 1 unspecified atom stereocenters. The Hall–Kier alpha value is -2.37. The third kappa shape index (κ3) is 8.08. The normalized spacial score (nSPS) is 12.1. The van der Waals surface area contributed by atoms with E-state index in [1.807, 2.05) is 29.0 Å². The van der Waals surface area contributed by atoms with Gasteiger partial charge in [0.2, 0.25) is 5.56 Å². The van der Waals surface area contributed by atoms with Crippen LogP contribution in [0.3, 0.4) is 0 Å². The highest BCUT2D eigenvalue weighted by Gasteiger charge is 2.14. The summed E-state index contributed by atoms with van der Waals surface area (Å²) in [6, 6.07) is 12.1. The largest absolute Gasteiger partial charge is 0.506 e. The Balaban J connectivity index is 1.47. The lowest BCUT2D eigenvalue weighted by atomic mass is 10.0. The van der Waals surface area contributed by atoms with E-state index in [1.165, 1.54) is 12.1 Å². The van der Waals surface area contributed by atoms with Gasteiger partial charge in [0.15, 0.2) is 11.5 Å². The number of aromatic hydroxyl groups is 1. The van der Waals surface area contributed by atoms with Crippen LogP contribution in [-0.2, 0) is 6.42 Å². The van der Waals surface area contributed by atoms with Crippen LogP contribution in [0.4, 0.5) is 0 Å². The minimum Gasteiger partial charge on any atom is -0.506 e. The van der Waals surface area contributed by atoms with Crippen molar-refractivity contribution in [1.82, 2.24) is 10.3 Å². The number of aromatic nitrogens is 1. The predicted octanol–water partition coefficient (Wildman–Crippen LogP) is 3.22. The first-order valence-electron chi connectivity index (χ1n) is 11.5. The molecule has 1 atom stereocenters. The van der Waals surface area contributed by atoms with E-state index in [1.54, 1.807) is 30.0 Å². The minimum absolute atomic E-state index is 0.0246. The average molecular weight is 520 g/mol. The van der Waals surface area contributed by atoms with Crippen LogP contribution < -0.4 is 26.1 Å². The molecular weight excluding hydrogens is 486 g/mol. The van der Waals surface area contributed by atoms with Crippen molar-refractivity contribution in [3.63, 3.8) is 0 Å². The van der Waals surface area contributed by atoms with Crippen molar-refractivity contribution in [2.24, 2.45) is 5.73 Å². The summed E-state index contributed by atoms with van der Waals surface area (Å²) >= 11 is 0. The van der Waals surface area contributed by atoms with Gasteiger partial charge in [-0.15, -0.1) is 0 Å². The quantitative estimate of drug-likeness (QED) is 0.152. The number of aromatic amines is 1. The number of nitrogens with two attached hydrogens (primary N) is 1. The Labute approximate surface area is 213 Å². The molecule has 35 heavy (non-hydrogen) atoms. The number of hydrogen-bond donors (Lipinski definition) is 5. The monoisotopic (exact) mass is 519 g/mol. The van der Waals surface area contributed by atoms with Crippen LogP contribution in [0, 0.1) is 0 Å². The van der Waals surface area contributed by atoms with Crippen LogP contribution in [0.15, 0.2) is 47.3 Å². The van der Waals surface area contributed by atoms with Gasteiger partial charge in [0.25, 0.3) is 0 Å². The summed E-state index contributed by atoms with van der Waals surface area (Å²) in [5.41, 5.74) is 7.24. The number of rotatable bonds is 15. The van der Waals surface area contributed by atoms with Crippen LogP contribution in [0.5, 0.6) is 17.2 Å². The van der Waals surface area contributed by atoms with Crippen molar-refractivity contribution in [1.29, 1.82) is 0 Å². The zero-order chi connectivity index (χ0) is 25.0. The Kier molecular flexibility index (Phi) is 11.1. The Morgan fingerprint density at radius 3 is 2.74 bits per heavy atom. The molecule has 0 bridgehead atoms. The molecule has 6 N–H and O–H groups in total. The number of hydrogen-bond acceptors (Lipinski definition) is 9. The van der Waals surface area contributed by atoms with Crippen molar-refractivity contribution in [2.75, 3.05) is 44.9 Å². The predicted molar refractivity (Wildman–Crippen MR) is 145 cm³/mol. The molecule has 3 rings (SSSR count). The fourth-order valence-electron chi connectivity index (χ4n) is 3.58. The maximum atomic E-state index is 11.6. The molecule has 3 aromatic rings. The van der Waals surface area contributed by atoms with E-state index in [0.29, 0.717) is 48.5 Å². The summed E-state index contributed by atoms with van der Waals surface area (Å²) in [6.45, 7) is 2.32. The fourth-order valence-corrected chi connectivity index (χ4v) is 5.50. The van der Waals surface area contributed by atoms with E-state index in [0.717, 1.165) is 35.7 Å². The lowest BCUT2D eigenvalue weighted by Crippen LogP contribution is -2.24. The number of methoxy groups -OCH3 is 1. The van der Waals surface area contributed by atoms with Crippen LogP contribution in [0.1, 0.15) is 23.7 Å². The summed E-state index contributed by atoms with van der Waals surface area (Å²) in [7, 11) is 5.24. The Morgan fingerprint density at radius 1 is 1.11 bits per heavy atom. The SMILES string of the molecule is COc1cc(CCNCC(O)c2ccc(O)c3[nH]c(=O)ccc23)ccc1OCCCSSCCN. The first-order valence-corrected chi connectivity index (χ1v) is 14.0. The third-order valence-corrected chi connectivity index (χ3v) is 7.86. The summed E-state index contributed by atoms with van der Waals surface area (Å²) < 4.78 is 11.4. The molecule has 2 aromatic carbocycles. The number of benzene rings is 2. The molecule has 8 nitrogen and oxygen atoms in total. The number of ether oxygens (including phenoxy) is 2. The number of H-pyrrole nitrogens is 1. The minimum atomic E-state index is -0.791. The topological polar surface area (TPSA) is 130 Å². The van der Waals surface area contributed by atoms with E-state index in [9.17, 15) is 15.0 Å². The van der Waals surface area contributed by atoms with Crippen molar-refractivity contribution in [3.8, 4) is 17.2 Å². The number of fused-ring (bicyclic) bond motifs is 1. The lowest BCUT2D eigenvalue weighted by Gasteiger charge is -2.16. The van der Waals surface area contributed by atoms with Gasteiger partial charge in [0, 0.05) is 36.0 Å². The van der Waals surface area contributed by atoms with Crippen LogP contribution in [0.2, 0.25) is 0 Å². The second-order valence-electron chi connectivity index (χ2n) is 7.87. The summed E-state index contributed by atoms with van der Waals surface area (Å²) in [5, 5.41) is 24.6. The number of nitrogens with one attached hydrogen (secondary N) is 2. The Morgan fingerprint density at radius 2 is 1.94 bits per heavy atom. The van der Waals surface area contributed by atoms with Gasteiger partial charge in [0.1, 0.15) is 5.75 Å². The molecule has 0 fully saturated rings. The first-order chi connectivity index (χ1) is 17.0. The average Bonchev–Trinajstić information content (AvgIpc) is 2.87. The molecule has 0 aliphatic carbocycles. The van der Waals surface area contributed by atoms with Crippen molar-refractivity contribution < 1.29 is 19.7 Å². The van der Waals surface area contributed by atoms with Crippen LogP contribution in [-0.4, -0.2) is 60.1 Å². The molecule has 0 radical (unpaired) electrons. The lowest BCUT2D eigenvalue weighted by molar-refractivity contribution is 0.176. The van der Waals surface area contributed by atoms with Crippen molar-refractivity contribution in [2.45, 2.75) is 18.9 Å². The summed E-state index contributed by atoms with van der Waals surface area (Å²) in [6.07, 6.45) is 0.912. The van der Waals surface area contributed by atoms with E-state index < -0.39 is 6.10 Å². The van der Waals surface area contributed by atoms with Gasteiger partial charge in [-0.3, -0.25) is 4.79 Å². The van der Waals surface area contributed by atoms with Gasteiger partial charge in [-0.05, 0) is 54.8 Å². The molecule has 0 saturated heterocycles. The van der Waals surface area contributed by atoms with Crippen molar-refractivity contribution >= 4 is 32.5 Å². The van der Waals surface area contributed by atoms with Gasteiger partial charge < -0.3 is 35.7 Å². The van der Waals surface area contributed by atoms with E-state index in [2.05, 4.69) is 10.3 Å². The van der Waals surface area contributed by atoms with E-state index >= 15 is 0 Å². The van der Waals surface area contributed by atoms with Gasteiger partial charge >= 0.3 is 0 Å². The highest BCUT2D eigenvalue weighted by molar-refractivity contribution is 8.76. The summed E-state index contributed by atoms with van der Waals surface area (Å²) in [4.78, 5) is 14.2. The molecular formula is C25H33N3O5S2. The maximum absolute atomic E-state index is 11.6. The number of aliphatic hydroxyl groups is 1. The second kappa shape index (κ2) is 14.3. The van der Waals surface area contributed by atoms with Crippen LogP contribution in [0.25, 0.3) is 10.9 Å². The van der Waals surface area contributed by atoms with Gasteiger partial charge in [-0.1, -0.05) is 33.7 Å². The molecule has 10 heteroatoms. The third-order valence-electron chi connectivity index (χ3n) is 5.34. The number of phenolic OH excluding ortho intramolecular Hbond substituents is 1. The van der Waals surface area contributed by atoms with E-state index in [-0.39, 0.29) is 11.3 Å². The van der Waals surface area contributed by atoms with Gasteiger partial charge in [-0.25, -0.2) is 0 Å². The summed E-state index contributed by atoms with van der Waals surface area (Å²) in [5.74, 6) is 3.39. The smallest absolute Gasteiger partial charge is 0.248 e. The zero-order valence-electron chi connectivity index (χ0n) is 19.8. The second-order valence-corrected chi connectivity index (χ2v) is 10.6. The molecule has 0 amide bonds. The van der Waals surface area contributed by atoms with Crippen molar-refractivity contribution in [3.05, 3.63) is 63.9 Å². The van der Waals surface area contributed by atoms with Gasteiger partial charge in [-0.2, -0.15) is 0 Å². The molecule has 1 aromatic heterocycles. The number of phenols is 1. The van der Waals surface area contributed by atoms with E-state index in [4.69, 9.17) is 15.2 Å². The zero-order valence-corrected chi connectivity index (χ0v) is 21.4. The standard InChI is InChI=1S/C25H33N3O5S2/c1-32-23-15-17(3-7-22(23)33-12-2-13-34-35-14-10-26)9-11-27-16-21(30)18-4-6-20(29)25-19(18)5-8-24(31)28-25/h3-8,15,21,27,29-30H,2,9-14,16,26H2,1H3,(H,28,31). The highest BCUT2D eigenvalue weighted by atomic mass is 33.1.